The third kappa shape index (κ3) is 2.47. The van der Waals surface area contributed by atoms with Crippen LogP contribution in [-0.4, -0.2) is 19.7 Å². The van der Waals surface area contributed by atoms with Gasteiger partial charge in [0.2, 0.25) is 0 Å². The van der Waals surface area contributed by atoms with Crippen molar-refractivity contribution >= 4 is 16.6 Å². The molecule has 1 aliphatic rings. The van der Waals surface area contributed by atoms with Gasteiger partial charge in [0.15, 0.2) is 5.82 Å². The molecule has 0 amide bonds. The minimum absolute atomic E-state index is 0.0303. The number of aromatic amines is 1. The van der Waals surface area contributed by atoms with E-state index >= 15 is 4.39 Å². The number of fused-ring (bicyclic) bond motifs is 4. The number of aryl methyl sites for hydroxylation is 1. The molecule has 1 aliphatic heterocycles. The van der Waals surface area contributed by atoms with Crippen molar-refractivity contribution in [1.82, 2.24) is 19.7 Å². The van der Waals surface area contributed by atoms with Crippen molar-refractivity contribution in [3.8, 4) is 16.8 Å². The van der Waals surface area contributed by atoms with Gasteiger partial charge in [0.05, 0.1) is 28.0 Å². The number of H-pyrrole nitrogens is 1. The Balaban J connectivity index is 1.93. The fraction of sp³-hybridized carbons (Fsp3) is 0.238. The van der Waals surface area contributed by atoms with Gasteiger partial charge in [0, 0.05) is 22.7 Å². The van der Waals surface area contributed by atoms with Crippen LogP contribution in [-0.2, 0) is 5.54 Å². The Kier molecular flexibility index (Phi) is 3.77. The molecule has 4 aromatic rings. The molecule has 154 valence electrons. The highest BCUT2D eigenvalue weighted by atomic mass is 19.3. The summed E-state index contributed by atoms with van der Waals surface area (Å²) in [5.41, 5.74) is -0.972. The number of nitrogens with zero attached hydrogens (tertiary/aromatic N) is 3. The number of nitrogens with one attached hydrogen (secondary N) is 2. The molecule has 0 saturated heterocycles. The van der Waals surface area contributed by atoms with Crippen LogP contribution in [0.3, 0.4) is 0 Å². The quantitative estimate of drug-likeness (QED) is 0.419. The lowest BCUT2D eigenvalue weighted by molar-refractivity contribution is 0.151. The van der Waals surface area contributed by atoms with Gasteiger partial charge in [-0.1, -0.05) is 0 Å². The summed E-state index contributed by atoms with van der Waals surface area (Å²) in [7, 11) is 0. The zero-order valence-electron chi connectivity index (χ0n) is 16.3. The van der Waals surface area contributed by atoms with Gasteiger partial charge >= 0.3 is 0 Å². The van der Waals surface area contributed by atoms with Gasteiger partial charge in [-0.05, 0) is 45.0 Å². The Morgan fingerprint density at radius 2 is 1.87 bits per heavy atom. The molecule has 0 spiro atoms. The lowest BCUT2D eigenvalue weighted by atomic mass is 9.91. The van der Waals surface area contributed by atoms with Crippen molar-refractivity contribution in [2.24, 2.45) is 0 Å². The van der Waals surface area contributed by atoms with Gasteiger partial charge in [-0.3, -0.25) is 4.57 Å². The Bertz CT molecular complexity index is 1320. The topological polar surface area (TPSA) is 58.5 Å². The van der Waals surface area contributed by atoms with E-state index in [9.17, 15) is 13.2 Å². The maximum Gasteiger partial charge on any atom is 0.266 e. The van der Waals surface area contributed by atoms with Gasteiger partial charge in [-0.2, -0.15) is 0 Å². The minimum atomic E-state index is -3.03. The van der Waals surface area contributed by atoms with E-state index in [1.807, 2.05) is 0 Å². The minimum Gasteiger partial charge on any atom is -0.371 e. The molecule has 0 saturated carbocycles. The van der Waals surface area contributed by atoms with Crippen LogP contribution >= 0.6 is 0 Å². The summed E-state index contributed by atoms with van der Waals surface area (Å²) in [6.45, 7) is 5.25. The molecule has 0 unspecified atom stereocenters. The summed E-state index contributed by atoms with van der Waals surface area (Å²) in [5.74, 6) is -0.696. The van der Waals surface area contributed by atoms with E-state index in [0.717, 1.165) is 6.07 Å². The third-order valence-corrected chi connectivity index (χ3v) is 5.46. The highest BCUT2D eigenvalue weighted by molar-refractivity contribution is 5.97. The number of alkyl halides is 2. The summed E-state index contributed by atoms with van der Waals surface area (Å²) in [4.78, 5) is 2.90. The van der Waals surface area contributed by atoms with E-state index in [0.29, 0.717) is 22.6 Å². The smallest absolute Gasteiger partial charge is 0.266 e. The van der Waals surface area contributed by atoms with E-state index < -0.39 is 29.2 Å². The summed E-state index contributed by atoms with van der Waals surface area (Å²) in [6.07, 6.45) is -1.48. The average Bonchev–Trinajstić information content (AvgIpc) is 3.27. The van der Waals surface area contributed by atoms with E-state index in [4.69, 9.17) is 0 Å². The van der Waals surface area contributed by atoms with Crippen molar-refractivity contribution in [3.63, 3.8) is 0 Å². The lowest BCUT2D eigenvalue weighted by Gasteiger charge is -2.35. The van der Waals surface area contributed by atoms with Crippen LogP contribution in [0.4, 0.5) is 23.2 Å². The SMILES string of the molecule is Cc1nnc2n1-c1c(cc(F)c(-c3cc(F)cc4cc[nH]c34)c1C(F)F)NC2(C)C. The number of rotatable bonds is 2. The fourth-order valence-electron chi connectivity index (χ4n) is 4.24. The molecule has 2 aromatic carbocycles. The second-order valence-corrected chi connectivity index (χ2v) is 7.90. The molecule has 5 nitrogen and oxygen atoms in total. The van der Waals surface area contributed by atoms with E-state index in [-0.39, 0.29) is 22.5 Å². The predicted octanol–water partition coefficient (Wildman–Crippen LogP) is 5.60. The summed E-state index contributed by atoms with van der Waals surface area (Å²) < 4.78 is 60.1. The first kappa shape index (κ1) is 18.7. The molecule has 2 N–H and O–H groups in total. The molecule has 30 heavy (non-hydrogen) atoms. The first-order valence-corrected chi connectivity index (χ1v) is 9.31. The fourth-order valence-corrected chi connectivity index (χ4v) is 4.24. The highest BCUT2D eigenvalue weighted by Gasteiger charge is 2.38. The number of anilines is 1. The Morgan fingerprint density at radius 1 is 1.10 bits per heavy atom. The molecule has 3 heterocycles. The second-order valence-electron chi connectivity index (χ2n) is 7.90. The van der Waals surface area contributed by atoms with Gasteiger partial charge in [0.25, 0.3) is 6.43 Å². The third-order valence-electron chi connectivity index (χ3n) is 5.46. The van der Waals surface area contributed by atoms with Crippen molar-refractivity contribution in [1.29, 1.82) is 0 Å². The number of hydrogen-bond donors (Lipinski definition) is 2. The van der Waals surface area contributed by atoms with Crippen LogP contribution < -0.4 is 5.32 Å². The van der Waals surface area contributed by atoms with Gasteiger partial charge in [0.1, 0.15) is 17.5 Å². The molecule has 0 aliphatic carbocycles. The maximum absolute atomic E-state index is 15.4. The zero-order valence-corrected chi connectivity index (χ0v) is 16.3. The van der Waals surface area contributed by atoms with Gasteiger partial charge < -0.3 is 10.3 Å². The number of halogens is 4. The van der Waals surface area contributed by atoms with Gasteiger partial charge in [-0.15, -0.1) is 10.2 Å². The molecule has 0 fully saturated rings. The van der Waals surface area contributed by atoms with Crippen LogP contribution in [0.5, 0.6) is 0 Å². The maximum atomic E-state index is 15.4. The Labute approximate surface area is 168 Å². The molecular weight excluding hydrogens is 398 g/mol. The molecule has 0 radical (unpaired) electrons. The van der Waals surface area contributed by atoms with Gasteiger partial charge in [-0.25, -0.2) is 17.6 Å². The van der Waals surface area contributed by atoms with Crippen LogP contribution in [0.2, 0.25) is 0 Å². The first-order valence-electron chi connectivity index (χ1n) is 9.31. The number of benzene rings is 2. The first-order chi connectivity index (χ1) is 14.2. The van der Waals surface area contributed by atoms with Crippen LogP contribution in [0.1, 0.15) is 37.5 Å². The van der Waals surface area contributed by atoms with Crippen LogP contribution in [0, 0.1) is 18.6 Å². The molecule has 2 aromatic heterocycles. The number of hydrogen-bond acceptors (Lipinski definition) is 3. The molecule has 9 heteroatoms. The van der Waals surface area contributed by atoms with Crippen molar-refractivity contribution in [2.45, 2.75) is 32.7 Å². The Morgan fingerprint density at radius 3 is 2.60 bits per heavy atom. The second kappa shape index (κ2) is 6.07. The molecular formula is C21H17F4N5. The van der Waals surface area contributed by atoms with Crippen LogP contribution in [0.25, 0.3) is 27.7 Å². The lowest BCUT2D eigenvalue weighted by Crippen LogP contribution is -2.36. The molecule has 0 atom stereocenters. The highest BCUT2D eigenvalue weighted by Crippen LogP contribution is 2.47. The number of aromatic nitrogens is 4. The Hall–Kier alpha value is -3.36. The predicted molar refractivity (Wildman–Crippen MR) is 105 cm³/mol. The van der Waals surface area contributed by atoms with E-state index in [2.05, 4.69) is 20.5 Å². The largest absolute Gasteiger partial charge is 0.371 e. The zero-order chi connectivity index (χ0) is 21.4. The monoisotopic (exact) mass is 415 g/mol. The summed E-state index contributed by atoms with van der Waals surface area (Å²) in [5, 5.41) is 11.7. The van der Waals surface area contributed by atoms with E-state index in [1.165, 1.54) is 16.7 Å². The molecule has 0 bridgehead atoms. The van der Waals surface area contributed by atoms with Crippen molar-refractivity contribution < 1.29 is 17.6 Å². The normalized spacial score (nSPS) is 14.7. The molecule has 5 rings (SSSR count). The average molecular weight is 415 g/mol. The standard InChI is InChI=1S/C21H17F4N5/c1-9-28-29-20-21(2,3)27-14-8-13(23)15(16(19(24)25)18(14)30(9)20)12-7-11(22)6-10-4-5-26-17(10)12/h4-8,19,26-27H,1-3H3. The summed E-state index contributed by atoms with van der Waals surface area (Å²) >= 11 is 0. The van der Waals surface area contributed by atoms with Crippen molar-refractivity contribution in [3.05, 3.63) is 59.3 Å². The van der Waals surface area contributed by atoms with Crippen LogP contribution in [0.15, 0.2) is 30.5 Å². The van der Waals surface area contributed by atoms with E-state index in [1.54, 1.807) is 33.0 Å². The summed E-state index contributed by atoms with van der Waals surface area (Å²) in [6, 6.07) is 5.10. The van der Waals surface area contributed by atoms with Crippen molar-refractivity contribution in [2.75, 3.05) is 5.32 Å².